The number of amides is 1. The largest absolute Gasteiger partial charge is 0.463 e. The molecule has 2 fully saturated rings. The Kier molecular flexibility index (Phi) is 5.81. The predicted molar refractivity (Wildman–Crippen MR) is 118 cm³/mol. The van der Waals surface area contributed by atoms with E-state index >= 15 is 0 Å². The summed E-state index contributed by atoms with van der Waals surface area (Å²) in [6.07, 6.45) is 8.31. The summed E-state index contributed by atoms with van der Waals surface area (Å²) in [5, 5.41) is 4.66. The standard InChI is InChI=1S/C21H24N6O3S/c28-19(15-3-7-26(8-4-15)17-14-22-5-6-23-17)25-21-24-18(16-2-1-11-30-16)20(31-21)27-9-12-29-13-10-27/h1-2,5-6,11,14-15H,3-4,7-10,12-13H2,(H,24,25,28). The molecule has 0 bridgehead atoms. The van der Waals surface area contributed by atoms with E-state index in [1.54, 1.807) is 24.9 Å². The third kappa shape index (κ3) is 4.40. The van der Waals surface area contributed by atoms with E-state index in [2.05, 4.69) is 25.1 Å². The number of hydrogen-bond acceptors (Lipinski definition) is 9. The average molecular weight is 441 g/mol. The summed E-state index contributed by atoms with van der Waals surface area (Å²) in [7, 11) is 0. The van der Waals surface area contributed by atoms with Gasteiger partial charge in [-0.1, -0.05) is 11.3 Å². The van der Waals surface area contributed by atoms with Crippen molar-refractivity contribution < 1.29 is 13.9 Å². The van der Waals surface area contributed by atoms with Crippen LogP contribution in [0.1, 0.15) is 12.8 Å². The second-order valence-electron chi connectivity index (χ2n) is 7.56. The molecule has 0 unspecified atom stereocenters. The molecular weight excluding hydrogens is 416 g/mol. The minimum atomic E-state index is -0.0456. The molecule has 1 amide bonds. The number of ether oxygens (including phenoxy) is 1. The van der Waals surface area contributed by atoms with E-state index in [0.717, 1.165) is 55.5 Å². The molecule has 0 spiro atoms. The topological polar surface area (TPSA) is 96.6 Å². The first-order valence-corrected chi connectivity index (χ1v) is 11.3. The van der Waals surface area contributed by atoms with E-state index in [1.165, 1.54) is 11.3 Å². The number of piperidine rings is 1. The van der Waals surface area contributed by atoms with E-state index in [1.807, 2.05) is 12.1 Å². The lowest BCUT2D eigenvalue weighted by Crippen LogP contribution is -2.38. The molecule has 1 N–H and O–H groups in total. The SMILES string of the molecule is O=C(Nc1nc(-c2ccco2)c(N2CCOCC2)s1)C1CCN(c2cnccn2)CC1. The van der Waals surface area contributed by atoms with Crippen LogP contribution in [0.2, 0.25) is 0 Å². The number of carbonyl (C=O) groups excluding carboxylic acids is 1. The summed E-state index contributed by atoms with van der Waals surface area (Å²) in [4.78, 5) is 30.6. The Hall–Kier alpha value is -2.98. The van der Waals surface area contributed by atoms with E-state index in [4.69, 9.17) is 14.1 Å². The molecule has 10 heteroatoms. The van der Waals surface area contributed by atoms with Crippen molar-refractivity contribution in [1.82, 2.24) is 15.0 Å². The van der Waals surface area contributed by atoms with Crippen LogP contribution in [-0.4, -0.2) is 60.3 Å². The van der Waals surface area contributed by atoms with Gasteiger partial charge in [-0.15, -0.1) is 0 Å². The first kappa shape index (κ1) is 20.0. The molecule has 9 nitrogen and oxygen atoms in total. The van der Waals surface area contributed by atoms with Gasteiger partial charge in [0.2, 0.25) is 5.91 Å². The number of rotatable bonds is 5. The normalized spacial score (nSPS) is 17.7. The summed E-state index contributed by atoms with van der Waals surface area (Å²) in [6.45, 7) is 4.52. The summed E-state index contributed by atoms with van der Waals surface area (Å²) in [6, 6.07) is 3.74. The second-order valence-corrected chi connectivity index (χ2v) is 8.54. The van der Waals surface area contributed by atoms with Crippen LogP contribution in [0.5, 0.6) is 0 Å². The molecule has 2 aliphatic heterocycles. The maximum Gasteiger partial charge on any atom is 0.229 e. The molecule has 0 aromatic carbocycles. The molecule has 31 heavy (non-hydrogen) atoms. The zero-order chi connectivity index (χ0) is 21.0. The fourth-order valence-electron chi connectivity index (χ4n) is 3.95. The van der Waals surface area contributed by atoms with Crippen molar-refractivity contribution in [3.63, 3.8) is 0 Å². The Morgan fingerprint density at radius 2 is 1.97 bits per heavy atom. The van der Waals surface area contributed by atoms with Gasteiger partial charge in [-0.3, -0.25) is 9.78 Å². The molecule has 0 saturated carbocycles. The van der Waals surface area contributed by atoms with Gasteiger partial charge in [0.25, 0.3) is 0 Å². The van der Waals surface area contributed by atoms with Crippen molar-refractivity contribution in [2.45, 2.75) is 12.8 Å². The van der Waals surface area contributed by atoms with Gasteiger partial charge >= 0.3 is 0 Å². The van der Waals surface area contributed by atoms with Crippen LogP contribution in [0.3, 0.4) is 0 Å². The number of carbonyl (C=O) groups is 1. The molecule has 2 aliphatic rings. The number of hydrogen-bond donors (Lipinski definition) is 1. The molecular formula is C21H24N6O3S. The van der Waals surface area contributed by atoms with Crippen molar-refractivity contribution in [3.05, 3.63) is 37.0 Å². The highest BCUT2D eigenvalue weighted by atomic mass is 32.1. The molecule has 3 aromatic heterocycles. The maximum absolute atomic E-state index is 12.9. The summed E-state index contributed by atoms with van der Waals surface area (Å²) in [5.41, 5.74) is 0.768. The van der Waals surface area contributed by atoms with Gasteiger partial charge in [0.05, 0.1) is 25.7 Å². The molecule has 5 rings (SSSR count). The highest BCUT2D eigenvalue weighted by molar-refractivity contribution is 7.20. The fourth-order valence-corrected chi connectivity index (χ4v) is 4.98. The van der Waals surface area contributed by atoms with E-state index < -0.39 is 0 Å². The number of nitrogens with zero attached hydrogens (tertiary/aromatic N) is 5. The quantitative estimate of drug-likeness (QED) is 0.647. The van der Waals surface area contributed by atoms with Crippen LogP contribution < -0.4 is 15.1 Å². The van der Waals surface area contributed by atoms with Crippen molar-refractivity contribution in [3.8, 4) is 11.5 Å². The molecule has 2 saturated heterocycles. The van der Waals surface area contributed by atoms with Crippen LogP contribution >= 0.6 is 11.3 Å². The molecule has 0 aliphatic carbocycles. The number of anilines is 3. The van der Waals surface area contributed by atoms with Gasteiger partial charge in [-0.05, 0) is 25.0 Å². The molecule has 0 atom stereocenters. The van der Waals surface area contributed by atoms with Gasteiger partial charge in [0, 0.05) is 44.5 Å². The third-order valence-corrected chi connectivity index (χ3v) is 6.66. The number of nitrogens with one attached hydrogen (secondary N) is 1. The highest BCUT2D eigenvalue weighted by Gasteiger charge is 2.28. The summed E-state index contributed by atoms with van der Waals surface area (Å²) in [5.74, 6) is 1.54. The smallest absolute Gasteiger partial charge is 0.229 e. The number of aromatic nitrogens is 3. The van der Waals surface area contributed by atoms with Crippen LogP contribution in [0.15, 0.2) is 41.4 Å². The summed E-state index contributed by atoms with van der Waals surface area (Å²) < 4.78 is 11.1. The first-order valence-electron chi connectivity index (χ1n) is 10.5. The van der Waals surface area contributed by atoms with Gasteiger partial charge in [0.15, 0.2) is 10.9 Å². The van der Waals surface area contributed by atoms with Crippen molar-refractivity contribution in [2.24, 2.45) is 5.92 Å². The Labute approximate surface area is 184 Å². The third-order valence-electron chi connectivity index (χ3n) is 5.63. The van der Waals surface area contributed by atoms with Gasteiger partial charge < -0.3 is 24.3 Å². The van der Waals surface area contributed by atoms with Crippen molar-refractivity contribution in [2.75, 3.05) is 54.5 Å². The second kappa shape index (κ2) is 9.03. The van der Waals surface area contributed by atoms with E-state index in [0.29, 0.717) is 24.1 Å². The number of morpholine rings is 1. The van der Waals surface area contributed by atoms with E-state index in [9.17, 15) is 4.79 Å². The van der Waals surface area contributed by atoms with Gasteiger partial charge in [0.1, 0.15) is 16.5 Å². The van der Waals surface area contributed by atoms with Crippen LogP contribution in [0, 0.1) is 5.92 Å². The Morgan fingerprint density at radius 1 is 1.13 bits per heavy atom. The Morgan fingerprint density at radius 3 is 2.68 bits per heavy atom. The molecule has 5 heterocycles. The lowest BCUT2D eigenvalue weighted by Gasteiger charge is -2.31. The molecule has 3 aromatic rings. The van der Waals surface area contributed by atoms with Crippen LogP contribution in [0.25, 0.3) is 11.5 Å². The minimum Gasteiger partial charge on any atom is -0.463 e. The Bertz CT molecular complexity index is 996. The first-order chi connectivity index (χ1) is 15.3. The van der Waals surface area contributed by atoms with Crippen molar-refractivity contribution in [1.29, 1.82) is 0 Å². The van der Waals surface area contributed by atoms with Gasteiger partial charge in [-0.25, -0.2) is 9.97 Å². The fraction of sp³-hybridized carbons (Fsp3) is 0.429. The monoisotopic (exact) mass is 440 g/mol. The molecule has 0 radical (unpaired) electrons. The van der Waals surface area contributed by atoms with E-state index in [-0.39, 0.29) is 11.8 Å². The molecule has 162 valence electrons. The van der Waals surface area contributed by atoms with Gasteiger partial charge in [-0.2, -0.15) is 0 Å². The lowest BCUT2D eigenvalue weighted by molar-refractivity contribution is -0.120. The number of thiazole rings is 1. The highest BCUT2D eigenvalue weighted by Crippen LogP contribution is 2.39. The van der Waals surface area contributed by atoms with Crippen LogP contribution in [0.4, 0.5) is 16.0 Å². The predicted octanol–water partition coefficient (Wildman–Crippen LogP) is 2.88. The lowest BCUT2D eigenvalue weighted by atomic mass is 9.96. The van der Waals surface area contributed by atoms with Crippen molar-refractivity contribution >= 4 is 33.2 Å². The maximum atomic E-state index is 12.9. The summed E-state index contributed by atoms with van der Waals surface area (Å²) >= 11 is 1.49. The minimum absolute atomic E-state index is 0.0204. The average Bonchev–Trinajstić information content (AvgIpc) is 3.50. The zero-order valence-electron chi connectivity index (χ0n) is 17.1. The van der Waals surface area contributed by atoms with Crippen LogP contribution in [-0.2, 0) is 9.53 Å². The Balaban J connectivity index is 1.27. The number of furan rings is 1. The zero-order valence-corrected chi connectivity index (χ0v) is 17.9.